The average molecular weight is 413 g/mol. The van der Waals surface area contributed by atoms with Crippen molar-refractivity contribution in [2.45, 2.75) is 43.8 Å². The quantitative estimate of drug-likeness (QED) is 0.698. The minimum atomic E-state index is -0.902. The number of nitrogens with zero attached hydrogens (tertiary/aromatic N) is 4. The molecule has 30 heavy (non-hydrogen) atoms. The molecule has 5 rings (SSSR count). The van der Waals surface area contributed by atoms with Crippen molar-refractivity contribution in [2.75, 3.05) is 18.0 Å². The van der Waals surface area contributed by atoms with Crippen molar-refractivity contribution in [2.24, 2.45) is 7.05 Å². The SMILES string of the molecule is Cn1c(=O)n(C2CCC(=O)NC2=O)c2cccc(N3[C@@H]4CC[C@H]3CN(C(=O)O)C4)c21. The molecule has 2 N–H and O–H groups in total. The van der Waals surface area contributed by atoms with Crippen LogP contribution in [0.5, 0.6) is 0 Å². The number of fused-ring (bicyclic) bond motifs is 3. The molecule has 158 valence electrons. The first-order valence-corrected chi connectivity index (χ1v) is 10.2. The molecule has 0 saturated carbocycles. The normalized spacial score (nSPS) is 26.4. The first-order valence-electron chi connectivity index (χ1n) is 10.2. The Bertz CT molecular complexity index is 1120. The third kappa shape index (κ3) is 2.62. The van der Waals surface area contributed by atoms with E-state index < -0.39 is 18.0 Å². The van der Waals surface area contributed by atoms with E-state index in [1.807, 2.05) is 18.2 Å². The Morgan fingerprint density at radius 3 is 2.43 bits per heavy atom. The maximum atomic E-state index is 13.1. The molecule has 1 aromatic heterocycles. The highest BCUT2D eigenvalue weighted by molar-refractivity contribution is 6.00. The molecule has 10 heteroatoms. The third-order valence-corrected chi connectivity index (χ3v) is 6.63. The van der Waals surface area contributed by atoms with E-state index >= 15 is 0 Å². The van der Waals surface area contributed by atoms with E-state index in [4.69, 9.17) is 0 Å². The summed E-state index contributed by atoms with van der Waals surface area (Å²) in [6.07, 6.45) is 1.37. The lowest BCUT2D eigenvalue weighted by Gasteiger charge is -2.41. The molecule has 3 amide bonds. The number of anilines is 1. The zero-order chi connectivity index (χ0) is 21.2. The number of imide groups is 1. The van der Waals surface area contributed by atoms with Gasteiger partial charge < -0.3 is 14.9 Å². The number of carbonyl (C=O) groups excluding carboxylic acids is 2. The van der Waals surface area contributed by atoms with Crippen LogP contribution in [0.2, 0.25) is 0 Å². The van der Waals surface area contributed by atoms with E-state index in [1.54, 1.807) is 11.6 Å². The Morgan fingerprint density at radius 2 is 1.80 bits per heavy atom. The number of amides is 3. The highest BCUT2D eigenvalue weighted by atomic mass is 16.4. The fourth-order valence-electron chi connectivity index (χ4n) is 5.31. The number of aromatic nitrogens is 2. The van der Waals surface area contributed by atoms with E-state index in [1.165, 1.54) is 9.47 Å². The topological polar surface area (TPSA) is 117 Å². The van der Waals surface area contributed by atoms with Gasteiger partial charge in [0.15, 0.2) is 0 Å². The fraction of sp³-hybridized carbons (Fsp3) is 0.500. The number of hydrogen-bond acceptors (Lipinski definition) is 5. The summed E-state index contributed by atoms with van der Waals surface area (Å²) in [4.78, 5) is 52.3. The Hall–Kier alpha value is -3.30. The lowest BCUT2D eigenvalue weighted by Crippen LogP contribution is -2.55. The molecule has 0 spiro atoms. The first kappa shape index (κ1) is 18.7. The summed E-state index contributed by atoms with van der Waals surface area (Å²) in [7, 11) is 1.69. The van der Waals surface area contributed by atoms with Crippen molar-refractivity contribution in [3.63, 3.8) is 0 Å². The van der Waals surface area contributed by atoms with Gasteiger partial charge in [-0.2, -0.15) is 0 Å². The molecule has 2 aromatic rings. The maximum Gasteiger partial charge on any atom is 0.407 e. The minimum Gasteiger partial charge on any atom is -0.465 e. The van der Waals surface area contributed by atoms with Gasteiger partial charge in [0.2, 0.25) is 11.8 Å². The Morgan fingerprint density at radius 1 is 1.10 bits per heavy atom. The van der Waals surface area contributed by atoms with Crippen LogP contribution >= 0.6 is 0 Å². The zero-order valence-corrected chi connectivity index (χ0v) is 16.6. The van der Waals surface area contributed by atoms with Crippen molar-refractivity contribution in [1.29, 1.82) is 0 Å². The average Bonchev–Trinajstić information content (AvgIpc) is 3.11. The number of imidazole rings is 1. The molecule has 4 heterocycles. The van der Waals surface area contributed by atoms with Crippen molar-refractivity contribution >= 4 is 34.6 Å². The van der Waals surface area contributed by atoms with Gasteiger partial charge in [-0.15, -0.1) is 0 Å². The standard InChI is InChI=1S/C20H23N5O5/c1-22-17-13(24-11-5-6-12(24)10-23(9-11)20(29)30)3-2-4-14(17)25(19(22)28)15-7-8-16(26)21-18(15)27/h2-4,11-12,15H,5-10H2,1H3,(H,29,30)(H,21,26,27)/t11-,12+,15?. The van der Waals surface area contributed by atoms with Crippen molar-refractivity contribution in [1.82, 2.24) is 19.4 Å². The number of carbonyl (C=O) groups is 3. The van der Waals surface area contributed by atoms with Gasteiger partial charge in [0, 0.05) is 38.6 Å². The number of rotatable bonds is 2. The number of aryl methyl sites for hydroxylation is 1. The lowest BCUT2D eigenvalue weighted by atomic mass is 10.1. The second kappa shape index (κ2) is 6.61. The number of hydrogen-bond donors (Lipinski definition) is 2. The molecular formula is C20H23N5O5. The van der Waals surface area contributed by atoms with Crippen LogP contribution in [0, 0.1) is 0 Å². The first-order chi connectivity index (χ1) is 14.4. The molecule has 1 aromatic carbocycles. The van der Waals surface area contributed by atoms with E-state index in [0.29, 0.717) is 18.6 Å². The van der Waals surface area contributed by atoms with Crippen LogP contribution in [-0.2, 0) is 16.6 Å². The summed E-state index contributed by atoms with van der Waals surface area (Å²) < 4.78 is 3.04. The largest absolute Gasteiger partial charge is 0.465 e. The molecule has 3 fully saturated rings. The predicted molar refractivity (Wildman–Crippen MR) is 107 cm³/mol. The van der Waals surface area contributed by atoms with Crippen LogP contribution in [0.25, 0.3) is 11.0 Å². The Balaban J connectivity index is 1.61. The molecular weight excluding hydrogens is 390 g/mol. The molecule has 0 radical (unpaired) electrons. The fourth-order valence-corrected chi connectivity index (χ4v) is 5.31. The van der Waals surface area contributed by atoms with E-state index in [9.17, 15) is 24.3 Å². The highest BCUT2D eigenvalue weighted by Gasteiger charge is 2.42. The van der Waals surface area contributed by atoms with Gasteiger partial charge in [0.05, 0.1) is 16.7 Å². The van der Waals surface area contributed by atoms with Crippen LogP contribution in [0.15, 0.2) is 23.0 Å². The summed E-state index contributed by atoms with van der Waals surface area (Å²) in [6, 6.07) is 5.02. The van der Waals surface area contributed by atoms with Gasteiger partial charge in [-0.05, 0) is 31.4 Å². The number of para-hydroxylation sites is 1. The van der Waals surface area contributed by atoms with Gasteiger partial charge in [0.25, 0.3) is 0 Å². The lowest BCUT2D eigenvalue weighted by molar-refractivity contribution is -0.135. The number of piperidine rings is 1. The number of benzene rings is 1. The number of carboxylic acid groups (broad SMARTS) is 1. The molecule has 10 nitrogen and oxygen atoms in total. The monoisotopic (exact) mass is 413 g/mol. The van der Waals surface area contributed by atoms with Crippen molar-refractivity contribution < 1.29 is 19.5 Å². The van der Waals surface area contributed by atoms with E-state index in [0.717, 1.165) is 24.0 Å². The summed E-state index contributed by atoms with van der Waals surface area (Å²) in [5.74, 6) is -0.778. The van der Waals surface area contributed by atoms with Gasteiger partial charge >= 0.3 is 11.8 Å². The van der Waals surface area contributed by atoms with Gasteiger partial charge in [-0.3, -0.25) is 24.0 Å². The maximum absolute atomic E-state index is 13.1. The molecule has 0 aliphatic carbocycles. The van der Waals surface area contributed by atoms with Gasteiger partial charge in [-0.1, -0.05) is 6.07 Å². The number of likely N-dealkylation sites (tertiary alicyclic amines) is 1. The minimum absolute atomic E-state index is 0.0551. The smallest absolute Gasteiger partial charge is 0.407 e. The zero-order valence-electron chi connectivity index (χ0n) is 16.6. The molecule has 1 unspecified atom stereocenters. The van der Waals surface area contributed by atoms with Crippen LogP contribution in [0.3, 0.4) is 0 Å². The summed E-state index contributed by atoms with van der Waals surface area (Å²) in [6.45, 7) is 0.869. The van der Waals surface area contributed by atoms with Crippen LogP contribution in [-0.4, -0.2) is 62.2 Å². The van der Waals surface area contributed by atoms with E-state index in [2.05, 4.69) is 10.2 Å². The van der Waals surface area contributed by atoms with Crippen molar-refractivity contribution in [3.8, 4) is 0 Å². The van der Waals surface area contributed by atoms with Crippen molar-refractivity contribution in [3.05, 3.63) is 28.7 Å². The van der Waals surface area contributed by atoms with E-state index in [-0.39, 0.29) is 36.5 Å². The highest BCUT2D eigenvalue weighted by Crippen LogP contribution is 2.39. The third-order valence-electron chi connectivity index (χ3n) is 6.63. The number of nitrogens with one attached hydrogen (secondary N) is 1. The van der Waals surface area contributed by atoms with Gasteiger partial charge in [0.1, 0.15) is 6.04 Å². The second-order valence-electron chi connectivity index (χ2n) is 8.30. The van der Waals surface area contributed by atoms with Gasteiger partial charge in [-0.25, -0.2) is 9.59 Å². The second-order valence-corrected chi connectivity index (χ2v) is 8.30. The predicted octanol–water partition coefficient (Wildman–Crippen LogP) is 0.649. The Kier molecular flexibility index (Phi) is 4.12. The summed E-state index contributed by atoms with van der Waals surface area (Å²) in [5, 5.41) is 11.7. The van der Waals surface area contributed by atoms with Crippen LogP contribution in [0.1, 0.15) is 31.7 Å². The molecule has 2 bridgehead atoms. The molecule has 3 aliphatic rings. The molecule has 3 saturated heterocycles. The van der Waals surface area contributed by atoms with Crippen LogP contribution in [0.4, 0.5) is 10.5 Å². The van der Waals surface area contributed by atoms with Crippen LogP contribution < -0.4 is 15.9 Å². The molecule has 3 atom stereocenters. The molecule has 3 aliphatic heterocycles. The Labute approximate surface area is 171 Å². The summed E-state index contributed by atoms with van der Waals surface area (Å²) >= 11 is 0. The number of piperazine rings is 1. The summed E-state index contributed by atoms with van der Waals surface area (Å²) in [5.41, 5.74) is 1.96.